The summed E-state index contributed by atoms with van der Waals surface area (Å²) in [6, 6.07) is 17.1. The molecule has 0 radical (unpaired) electrons. The van der Waals surface area contributed by atoms with Crippen LogP contribution in [0.3, 0.4) is 0 Å². The molecule has 2 aromatic heterocycles. The molecule has 6 heteroatoms. The molecule has 0 spiro atoms. The minimum atomic E-state index is -0.547. The third kappa shape index (κ3) is 2.84. The highest BCUT2D eigenvalue weighted by molar-refractivity contribution is 5.99. The number of pyridine rings is 1. The number of carbonyl (C=O) groups is 1. The van der Waals surface area contributed by atoms with E-state index in [1.54, 1.807) is 24.3 Å². The molecule has 1 aliphatic heterocycles. The molecule has 0 aliphatic carbocycles. The highest BCUT2D eigenvalue weighted by atomic mass is 19.1. The van der Waals surface area contributed by atoms with Crippen molar-refractivity contribution in [3.63, 3.8) is 0 Å². The number of methoxy groups -OCH3 is 1. The summed E-state index contributed by atoms with van der Waals surface area (Å²) in [5.41, 5.74) is 3.67. The normalized spacial score (nSPS) is 14.3. The quantitative estimate of drug-likeness (QED) is 0.563. The number of rotatable bonds is 4. The number of ether oxygens (including phenoxy) is 1. The van der Waals surface area contributed by atoms with Crippen molar-refractivity contribution in [3.8, 4) is 5.75 Å². The van der Waals surface area contributed by atoms with Gasteiger partial charge in [-0.25, -0.2) is 9.37 Å². The molecule has 2 aromatic carbocycles. The van der Waals surface area contributed by atoms with Gasteiger partial charge in [-0.2, -0.15) is 0 Å². The lowest BCUT2D eigenvalue weighted by atomic mass is 10.0. The largest absolute Gasteiger partial charge is 0.496 e. The average Bonchev–Trinajstić information content (AvgIpc) is 3.30. The molecule has 0 bridgehead atoms. The van der Waals surface area contributed by atoms with Crippen LogP contribution < -0.4 is 4.74 Å². The summed E-state index contributed by atoms with van der Waals surface area (Å²) in [7, 11) is 1.54. The van der Waals surface area contributed by atoms with Gasteiger partial charge in [-0.05, 0) is 48.0 Å². The Bertz CT molecular complexity index is 1200. The predicted octanol–water partition coefficient (Wildman–Crippen LogP) is 4.46. The molecule has 1 N–H and O–H groups in total. The van der Waals surface area contributed by atoms with Gasteiger partial charge in [0.1, 0.15) is 23.3 Å². The van der Waals surface area contributed by atoms with Crippen LogP contribution in [0.2, 0.25) is 0 Å². The van der Waals surface area contributed by atoms with Crippen molar-refractivity contribution in [2.45, 2.75) is 12.6 Å². The van der Waals surface area contributed by atoms with Gasteiger partial charge in [0.25, 0.3) is 5.91 Å². The van der Waals surface area contributed by atoms with E-state index in [9.17, 15) is 9.18 Å². The Morgan fingerprint density at radius 1 is 1.14 bits per heavy atom. The van der Waals surface area contributed by atoms with E-state index in [1.165, 1.54) is 12.1 Å². The van der Waals surface area contributed by atoms with Gasteiger partial charge >= 0.3 is 0 Å². The number of nitrogens with one attached hydrogen (secondary N) is 1. The molecular weight excluding hydrogens is 369 g/mol. The lowest BCUT2D eigenvalue weighted by Crippen LogP contribution is -2.30. The third-order valence-electron chi connectivity index (χ3n) is 5.35. The Morgan fingerprint density at radius 3 is 2.79 bits per heavy atom. The number of amides is 1. The smallest absolute Gasteiger partial charge is 0.255 e. The SMILES string of the molecule is COc1ccc(F)cc1[C@@H](c1cc2cccnc2[nH]1)N1Cc2ccccc2C1=O. The van der Waals surface area contributed by atoms with Gasteiger partial charge in [0.05, 0.1) is 7.11 Å². The zero-order chi connectivity index (χ0) is 20.0. The van der Waals surface area contributed by atoms with Crippen LogP contribution in [0.15, 0.2) is 66.9 Å². The van der Waals surface area contributed by atoms with Crippen LogP contribution in [0.5, 0.6) is 5.75 Å². The Labute approximate surface area is 166 Å². The fraction of sp³-hybridized carbons (Fsp3) is 0.130. The molecular formula is C23H18FN3O2. The van der Waals surface area contributed by atoms with Crippen molar-refractivity contribution in [1.82, 2.24) is 14.9 Å². The summed E-state index contributed by atoms with van der Waals surface area (Å²) >= 11 is 0. The maximum Gasteiger partial charge on any atom is 0.255 e. The summed E-state index contributed by atoms with van der Waals surface area (Å²) in [5.74, 6) is 0.0412. The van der Waals surface area contributed by atoms with E-state index in [0.29, 0.717) is 29.1 Å². The fourth-order valence-electron chi connectivity index (χ4n) is 4.03. The number of halogens is 1. The van der Waals surface area contributed by atoms with Crippen molar-refractivity contribution < 1.29 is 13.9 Å². The summed E-state index contributed by atoms with van der Waals surface area (Å²) in [6.45, 7) is 0.433. The Hall–Kier alpha value is -3.67. The molecule has 0 saturated heterocycles. The first-order valence-corrected chi connectivity index (χ1v) is 9.31. The molecule has 144 valence electrons. The molecule has 5 rings (SSSR count). The summed E-state index contributed by atoms with van der Waals surface area (Å²) in [6.07, 6.45) is 1.71. The number of fused-ring (bicyclic) bond motifs is 2. The summed E-state index contributed by atoms with van der Waals surface area (Å²) in [5, 5.41) is 0.923. The molecule has 1 atom stereocenters. The van der Waals surface area contributed by atoms with Crippen molar-refractivity contribution in [2.75, 3.05) is 7.11 Å². The zero-order valence-electron chi connectivity index (χ0n) is 15.7. The standard InChI is InChI=1S/C23H18FN3O2/c1-29-20-9-8-16(24)12-18(20)21(19-11-14-6-4-10-25-22(14)26-19)27-13-15-5-2-3-7-17(15)23(27)28/h2-12,21H,13H2,1H3,(H,25,26)/t21-/m0/s1. The monoisotopic (exact) mass is 387 g/mol. The summed E-state index contributed by atoms with van der Waals surface area (Å²) < 4.78 is 19.7. The minimum absolute atomic E-state index is 0.0940. The van der Waals surface area contributed by atoms with Crippen LogP contribution in [-0.4, -0.2) is 27.9 Å². The number of hydrogen-bond donors (Lipinski definition) is 1. The minimum Gasteiger partial charge on any atom is -0.496 e. The molecule has 1 aliphatic rings. The van der Waals surface area contributed by atoms with Crippen LogP contribution in [0.4, 0.5) is 4.39 Å². The van der Waals surface area contributed by atoms with Crippen molar-refractivity contribution >= 4 is 16.9 Å². The van der Waals surface area contributed by atoms with Gasteiger partial charge < -0.3 is 14.6 Å². The van der Waals surface area contributed by atoms with E-state index in [1.807, 2.05) is 42.5 Å². The van der Waals surface area contributed by atoms with Crippen molar-refractivity contribution in [3.05, 3.63) is 95.1 Å². The van der Waals surface area contributed by atoms with E-state index in [-0.39, 0.29) is 11.7 Å². The van der Waals surface area contributed by atoms with Gasteiger partial charge in [-0.1, -0.05) is 18.2 Å². The third-order valence-corrected chi connectivity index (χ3v) is 5.35. The Kier molecular flexibility index (Phi) is 4.05. The molecule has 3 heterocycles. The first-order valence-electron chi connectivity index (χ1n) is 9.31. The van der Waals surface area contributed by atoms with Gasteiger partial charge in [0, 0.05) is 34.9 Å². The number of aromatic nitrogens is 2. The van der Waals surface area contributed by atoms with Crippen molar-refractivity contribution in [2.24, 2.45) is 0 Å². The van der Waals surface area contributed by atoms with E-state index in [0.717, 1.165) is 16.6 Å². The highest BCUT2D eigenvalue weighted by Crippen LogP contribution is 2.40. The Balaban J connectivity index is 1.70. The predicted molar refractivity (Wildman–Crippen MR) is 107 cm³/mol. The van der Waals surface area contributed by atoms with Crippen LogP contribution >= 0.6 is 0 Å². The van der Waals surface area contributed by atoms with Gasteiger partial charge in [0.15, 0.2) is 0 Å². The van der Waals surface area contributed by atoms with Crippen molar-refractivity contribution in [1.29, 1.82) is 0 Å². The topological polar surface area (TPSA) is 58.2 Å². The Morgan fingerprint density at radius 2 is 2.00 bits per heavy atom. The molecule has 0 saturated carbocycles. The van der Waals surface area contributed by atoms with Gasteiger partial charge in [-0.15, -0.1) is 0 Å². The molecule has 1 amide bonds. The molecule has 5 nitrogen and oxygen atoms in total. The number of carbonyl (C=O) groups excluding carboxylic acids is 1. The highest BCUT2D eigenvalue weighted by Gasteiger charge is 2.36. The first-order chi connectivity index (χ1) is 14.2. The maximum atomic E-state index is 14.2. The molecule has 29 heavy (non-hydrogen) atoms. The van der Waals surface area contributed by atoms with Crippen LogP contribution in [0.25, 0.3) is 11.0 Å². The van der Waals surface area contributed by atoms with E-state index in [4.69, 9.17) is 4.74 Å². The van der Waals surface area contributed by atoms with E-state index >= 15 is 0 Å². The van der Waals surface area contributed by atoms with E-state index in [2.05, 4.69) is 9.97 Å². The van der Waals surface area contributed by atoms with E-state index < -0.39 is 6.04 Å². The number of benzene rings is 2. The lowest BCUT2D eigenvalue weighted by Gasteiger charge is -2.29. The van der Waals surface area contributed by atoms with Crippen LogP contribution in [-0.2, 0) is 6.54 Å². The van der Waals surface area contributed by atoms with Crippen LogP contribution in [0.1, 0.15) is 33.2 Å². The second-order valence-corrected chi connectivity index (χ2v) is 7.04. The number of aromatic amines is 1. The number of hydrogen-bond acceptors (Lipinski definition) is 3. The van der Waals surface area contributed by atoms with Gasteiger partial charge in [0.2, 0.25) is 0 Å². The molecule has 0 unspecified atom stereocenters. The first kappa shape index (κ1) is 17.4. The number of nitrogens with zero attached hydrogens (tertiary/aromatic N) is 2. The maximum absolute atomic E-state index is 14.2. The molecule has 4 aromatic rings. The molecule has 0 fully saturated rings. The number of H-pyrrole nitrogens is 1. The zero-order valence-corrected chi connectivity index (χ0v) is 15.7. The van der Waals surface area contributed by atoms with Gasteiger partial charge in [-0.3, -0.25) is 4.79 Å². The second kappa shape index (κ2) is 6.74. The van der Waals surface area contributed by atoms with Crippen LogP contribution in [0, 0.1) is 5.82 Å². The fourth-order valence-corrected chi connectivity index (χ4v) is 4.03. The summed E-state index contributed by atoms with van der Waals surface area (Å²) in [4.78, 5) is 22.7. The average molecular weight is 387 g/mol. The second-order valence-electron chi connectivity index (χ2n) is 7.04. The lowest BCUT2D eigenvalue weighted by molar-refractivity contribution is 0.0726.